The lowest BCUT2D eigenvalue weighted by atomic mass is 10.2. The van der Waals surface area contributed by atoms with Crippen LogP contribution < -0.4 is 10.2 Å². The van der Waals surface area contributed by atoms with Crippen molar-refractivity contribution in [3.63, 3.8) is 0 Å². The first-order chi connectivity index (χ1) is 8.72. The van der Waals surface area contributed by atoms with Crippen molar-refractivity contribution in [2.45, 2.75) is 26.1 Å². The van der Waals surface area contributed by atoms with Crippen LogP contribution >= 0.6 is 0 Å². The van der Waals surface area contributed by atoms with Gasteiger partial charge in [-0.1, -0.05) is 0 Å². The van der Waals surface area contributed by atoms with Crippen LogP contribution in [0.1, 0.15) is 13.8 Å². The molecule has 100 valence electrons. The number of nitrogens with one attached hydrogen (secondary N) is 1. The van der Waals surface area contributed by atoms with Crippen molar-refractivity contribution in [3.05, 3.63) is 12.3 Å². The summed E-state index contributed by atoms with van der Waals surface area (Å²) in [4.78, 5) is 10.7. The highest BCUT2D eigenvalue weighted by Crippen LogP contribution is 2.18. The summed E-state index contributed by atoms with van der Waals surface area (Å²) in [7, 11) is 0. The average Bonchev–Trinajstić information content (AvgIpc) is 2.39. The maximum atomic E-state index is 9.22. The normalized spacial score (nSPS) is 24.1. The number of aliphatic hydroxyl groups excluding tert-OH is 1. The highest BCUT2D eigenvalue weighted by Gasteiger charge is 2.25. The fourth-order valence-electron chi connectivity index (χ4n) is 2.10. The molecule has 0 bridgehead atoms. The highest BCUT2D eigenvalue weighted by atomic mass is 16.5. The van der Waals surface area contributed by atoms with Gasteiger partial charge in [0, 0.05) is 25.8 Å². The molecule has 1 aromatic rings. The fraction of sp³-hybridized carbons (Fsp3) is 0.667. The number of rotatable bonds is 4. The number of anilines is 2. The van der Waals surface area contributed by atoms with Gasteiger partial charge in [-0.2, -0.15) is 4.98 Å². The number of morpholine rings is 1. The molecule has 2 heterocycles. The van der Waals surface area contributed by atoms with Crippen LogP contribution in [-0.4, -0.2) is 53.5 Å². The van der Waals surface area contributed by atoms with Gasteiger partial charge in [0.1, 0.15) is 5.82 Å². The van der Waals surface area contributed by atoms with Crippen molar-refractivity contribution in [1.82, 2.24) is 9.97 Å². The second kappa shape index (κ2) is 5.97. The molecule has 0 aliphatic carbocycles. The summed E-state index contributed by atoms with van der Waals surface area (Å²) in [6.07, 6.45) is 1.69. The van der Waals surface area contributed by atoms with Gasteiger partial charge in [-0.05, 0) is 19.9 Å². The second-order valence-corrected chi connectivity index (χ2v) is 4.43. The van der Waals surface area contributed by atoms with Crippen molar-refractivity contribution < 1.29 is 9.84 Å². The monoisotopic (exact) mass is 252 g/mol. The molecule has 2 unspecified atom stereocenters. The molecule has 0 radical (unpaired) electrons. The fourth-order valence-corrected chi connectivity index (χ4v) is 2.10. The third-order valence-electron chi connectivity index (χ3n) is 2.83. The van der Waals surface area contributed by atoms with Gasteiger partial charge in [0.2, 0.25) is 5.95 Å². The van der Waals surface area contributed by atoms with Crippen LogP contribution in [0.15, 0.2) is 12.3 Å². The molecule has 0 saturated carbocycles. The zero-order valence-corrected chi connectivity index (χ0v) is 10.8. The van der Waals surface area contributed by atoms with E-state index in [-0.39, 0.29) is 18.8 Å². The van der Waals surface area contributed by atoms with Crippen molar-refractivity contribution in [1.29, 1.82) is 0 Å². The van der Waals surface area contributed by atoms with E-state index in [2.05, 4.69) is 20.2 Å². The summed E-state index contributed by atoms with van der Waals surface area (Å²) in [5.41, 5.74) is 0. The lowest BCUT2D eigenvalue weighted by Gasteiger charge is -2.36. The van der Waals surface area contributed by atoms with E-state index in [0.29, 0.717) is 12.5 Å². The molecule has 1 fully saturated rings. The third kappa shape index (κ3) is 3.08. The Morgan fingerprint density at radius 2 is 2.39 bits per heavy atom. The van der Waals surface area contributed by atoms with E-state index in [4.69, 9.17) is 4.74 Å². The molecular weight excluding hydrogens is 232 g/mol. The largest absolute Gasteiger partial charge is 0.394 e. The molecular formula is C12H20N4O2. The van der Waals surface area contributed by atoms with Gasteiger partial charge in [0.15, 0.2) is 0 Å². The molecule has 2 atom stereocenters. The number of aliphatic hydroxyl groups is 1. The predicted octanol–water partition coefficient (Wildman–Crippen LogP) is 0.494. The van der Waals surface area contributed by atoms with Crippen LogP contribution in [0.2, 0.25) is 0 Å². The SMILES string of the molecule is CCNc1nccc(N2CC(C)OC(CO)C2)n1. The number of aromatic nitrogens is 2. The molecule has 1 aromatic heterocycles. The first-order valence-electron chi connectivity index (χ1n) is 6.31. The minimum absolute atomic E-state index is 0.0337. The van der Waals surface area contributed by atoms with Crippen LogP contribution in [0.4, 0.5) is 11.8 Å². The van der Waals surface area contributed by atoms with Crippen molar-refractivity contribution in [3.8, 4) is 0 Å². The Morgan fingerprint density at radius 1 is 1.56 bits per heavy atom. The van der Waals surface area contributed by atoms with Gasteiger partial charge in [-0.25, -0.2) is 4.98 Å². The molecule has 2 N–H and O–H groups in total. The summed E-state index contributed by atoms with van der Waals surface area (Å²) in [5.74, 6) is 1.50. The first-order valence-corrected chi connectivity index (χ1v) is 6.31. The second-order valence-electron chi connectivity index (χ2n) is 4.43. The molecule has 1 saturated heterocycles. The van der Waals surface area contributed by atoms with Gasteiger partial charge in [0.25, 0.3) is 0 Å². The van der Waals surface area contributed by atoms with Gasteiger partial charge >= 0.3 is 0 Å². The topological polar surface area (TPSA) is 70.5 Å². The summed E-state index contributed by atoms with van der Waals surface area (Å²) in [6.45, 7) is 6.27. The van der Waals surface area contributed by atoms with Gasteiger partial charge in [-0.15, -0.1) is 0 Å². The number of ether oxygens (including phenoxy) is 1. The minimum atomic E-state index is -0.147. The molecule has 0 spiro atoms. The summed E-state index contributed by atoms with van der Waals surface area (Å²) in [5, 5.41) is 12.3. The van der Waals surface area contributed by atoms with Crippen LogP contribution in [0.3, 0.4) is 0 Å². The van der Waals surface area contributed by atoms with E-state index in [1.165, 1.54) is 0 Å². The van der Waals surface area contributed by atoms with E-state index in [9.17, 15) is 5.11 Å². The average molecular weight is 252 g/mol. The Morgan fingerprint density at radius 3 is 3.11 bits per heavy atom. The summed E-state index contributed by atoms with van der Waals surface area (Å²) in [6, 6.07) is 1.88. The third-order valence-corrected chi connectivity index (χ3v) is 2.83. The van der Waals surface area contributed by atoms with E-state index < -0.39 is 0 Å². The van der Waals surface area contributed by atoms with E-state index in [1.54, 1.807) is 6.20 Å². The summed E-state index contributed by atoms with van der Waals surface area (Å²) < 4.78 is 5.61. The summed E-state index contributed by atoms with van der Waals surface area (Å²) >= 11 is 0. The zero-order chi connectivity index (χ0) is 13.0. The first kappa shape index (κ1) is 13.0. The molecule has 0 amide bonds. The smallest absolute Gasteiger partial charge is 0.224 e. The molecule has 0 aromatic carbocycles. The van der Waals surface area contributed by atoms with Crippen LogP contribution in [0.5, 0.6) is 0 Å². The van der Waals surface area contributed by atoms with Crippen LogP contribution in [0.25, 0.3) is 0 Å². The van der Waals surface area contributed by atoms with Crippen molar-refractivity contribution >= 4 is 11.8 Å². The molecule has 1 aliphatic rings. The van der Waals surface area contributed by atoms with Gasteiger partial charge in [0.05, 0.1) is 18.8 Å². The van der Waals surface area contributed by atoms with E-state index >= 15 is 0 Å². The molecule has 18 heavy (non-hydrogen) atoms. The molecule has 6 nitrogen and oxygen atoms in total. The lowest BCUT2D eigenvalue weighted by molar-refractivity contribution is -0.0423. The van der Waals surface area contributed by atoms with Crippen molar-refractivity contribution in [2.24, 2.45) is 0 Å². The molecule has 1 aliphatic heterocycles. The maximum absolute atomic E-state index is 9.22. The zero-order valence-electron chi connectivity index (χ0n) is 10.8. The molecule has 6 heteroatoms. The predicted molar refractivity (Wildman–Crippen MR) is 69.8 cm³/mol. The Hall–Kier alpha value is -1.40. The Balaban J connectivity index is 2.11. The van der Waals surface area contributed by atoms with E-state index in [1.807, 2.05) is 19.9 Å². The van der Waals surface area contributed by atoms with Crippen LogP contribution in [-0.2, 0) is 4.74 Å². The maximum Gasteiger partial charge on any atom is 0.224 e. The van der Waals surface area contributed by atoms with Gasteiger partial charge in [-0.3, -0.25) is 0 Å². The minimum Gasteiger partial charge on any atom is -0.394 e. The quantitative estimate of drug-likeness (QED) is 0.813. The van der Waals surface area contributed by atoms with E-state index in [0.717, 1.165) is 18.9 Å². The standard InChI is InChI=1S/C12H20N4O2/c1-3-13-12-14-5-4-11(15-12)16-6-9(2)18-10(7-16)8-17/h4-5,9-10,17H,3,6-8H2,1-2H3,(H,13,14,15). The Bertz CT molecular complexity index is 388. The Kier molecular flexibility index (Phi) is 4.33. The van der Waals surface area contributed by atoms with Crippen LogP contribution in [0, 0.1) is 0 Å². The Labute approximate surface area is 107 Å². The highest BCUT2D eigenvalue weighted by molar-refractivity contribution is 5.43. The van der Waals surface area contributed by atoms with Crippen molar-refractivity contribution in [2.75, 3.05) is 36.5 Å². The number of nitrogens with zero attached hydrogens (tertiary/aromatic N) is 3. The van der Waals surface area contributed by atoms with Gasteiger partial charge < -0.3 is 20.1 Å². The number of hydrogen-bond acceptors (Lipinski definition) is 6. The lowest BCUT2D eigenvalue weighted by Crippen LogP contribution is -2.48. The molecule has 2 rings (SSSR count). The number of hydrogen-bond donors (Lipinski definition) is 2.